The van der Waals surface area contributed by atoms with E-state index in [-0.39, 0.29) is 11.5 Å². The van der Waals surface area contributed by atoms with E-state index in [1.54, 1.807) is 0 Å². The van der Waals surface area contributed by atoms with Gasteiger partial charge in [-0.3, -0.25) is 0 Å². The number of halogens is 1. The van der Waals surface area contributed by atoms with Crippen molar-refractivity contribution in [2.75, 3.05) is 5.73 Å². The molecule has 0 spiro atoms. The van der Waals surface area contributed by atoms with Crippen LogP contribution in [0.1, 0.15) is 16.2 Å². The summed E-state index contributed by atoms with van der Waals surface area (Å²) >= 11 is 1.99. The van der Waals surface area contributed by atoms with Gasteiger partial charge >= 0.3 is 5.97 Å². The molecule has 5 nitrogen and oxygen atoms in total. The number of nitrogens with zero attached hydrogens (tertiary/aromatic N) is 2. The maximum atomic E-state index is 11.0. The summed E-state index contributed by atoms with van der Waals surface area (Å²) in [4.78, 5) is 19.2. The molecule has 0 bridgehead atoms. The number of nitrogen functional groups attached to an aromatic ring is 1. The number of rotatable bonds is 2. The number of carbonyl (C=O) groups is 1. The Balaban J connectivity index is 2.56. The highest BCUT2D eigenvalue weighted by Gasteiger charge is 2.16. The zero-order chi connectivity index (χ0) is 13.8. The molecule has 19 heavy (non-hydrogen) atoms. The monoisotopic (exact) mass is 367 g/mol. The van der Waals surface area contributed by atoms with Crippen LogP contribution in [0.15, 0.2) is 42.5 Å². The van der Waals surface area contributed by atoms with Crippen molar-refractivity contribution >= 4 is 40.0 Å². The number of aromatic nitrogens is 2. The van der Waals surface area contributed by atoms with Crippen molar-refractivity contribution in [3.05, 3.63) is 57.6 Å². The van der Waals surface area contributed by atoms with Gasteiger partial charge < -0.3 is 10.8 Å². The van der Waals surface area contributed by atoms with Crippen LogP contribution in [0.5, 0.6) is 0 Å². The van der Waals surface area contributed by atoms with Gasteiger partial charge in [0.1, 0.15) is 9.39 Å². The van der Waals surface area contributed by atoms with E-state index in [0.717, 1.165) is 5.57 Å². The molecule has 1 aromatic heterocycles. The summed E-state index contributed by atoms with van der Waals surface area (Å²) in [5.74, 6) is -1.26. The molecule has 0 aromatic carbocycles. The second-order valence-electron chi connectivity index (χ2n) is 3.65. The third-order valence-corrected chi connectivity index (χ3v) is 3.10. The zero-order valence-electron chi connectivity index (χ0n) is 9.75. The lowest BCUT2D eigenvalue weighted by Crippen LogP contribution is -2.11. The van der Waals surface area contributed by atoms with E-state index in [9.17, 15) is 4.79 Å². The Hall–Kier alpha value is -1.96. The first-order chi connectivity index (χ1) is 9.09. The molecule has 0 aliphatic heterocycles. The molecule has 2 rings (SSSR count). The SMILES string of the molecule is Nc1nc(I)c(C2=C/C=C\C=C/C=C\2)nc1C(=O)O. The van der Waals surface area contributed by atoms with Crippen molar-refractivity contribution < 1.29 is 9.90 Å². The molecule has 1 aromatic rings. The molecule has 0 unspecified atom stereocenters. The molecule has 6 heteroatoms. The van der Waals surface area contributed by atoms with Crippen molar-refractivity contribution in [1.29, 1.82) is 0 Å². The molecule has 1 heterocycles. The van der Waals surface area contributed by atoms with E-state index in [2.05, 4.69) is 9.97 Å². The van der Waals surface area contributed by atoms with Gasteiger partial charge in [-0.1, -0.05) is 42.5 Å². The molecule has 0 saturated heterocycles. The molecule has 3 N–H and O–H groups in total. The minimum atomic E-state index is -1.19. The second-order valence-corrected chi connectivity index (χ2v) is 4.67. The Labute approximate surface area is 123 Å². The van der Waals surface area contributed by atoms with Crippen LogP contribution >= 0.6 is 22.6 Å². The van der Waals surface area contributed by atoms with Crippen LogP contribution in [-0.4, -0.2) is 21.0 Å². The molecule has 0 amide bonds. The maximum absolute atomic E-state index is 11.0. The number of hydrogen-bond donors (Lipinski definition) is 2. The van der Waals surface area contributed by atoms with Gasteiger partial charge in [-0.05, 0) is 22.6 Å². The number of allylic oxidation sites excluding steroid dienone is 8. The lowest BCUT2D eigenvalue weighted by atomic mass is 10.1. The molecule has 96 valence electrons. The van der Waals surface area contributed by atoms with Crippen molar-refractivity contribution in [1.82, 2.24) is 9.97 Å². The van der Waals surface area contributed by atoms with Crippen molar-refractivity contribution in [3.63, 3.8) is 0 Å². The number of hydrogen-bond acceptors (Lipinski definition) is 4. The molecular formula is C13H10IN3O2. The fourth-order valence-corrected chi connectivity index (χ4v) is 2.18. The highest BCUT2D eigenvalue weighted by molar-refractivity contribution is 14.1. The first-order valence-electron chi connectivity index (χ1n) is 5.38. The standard InChI is InChI=1S/C13H10IN3O2/c14-11-9(8-6-4-2-1-3-5-7-8)16-10(13(18)19)12(15)17-11/h1-7H,(H2,15,17)(H,18,19)/b2-1-,3-1?,4-2?,5-3-,6-4-,7-5?,8-6?,8-7+. The molecule has 0 saturated carbocycles. The maximum Gasteiger partial charge on any atom is 0.358 e. The first-order valence-corrected chi connectivity index (χ1v) is 6.46. The van der Waals surface area contributed by atoms with Crippen LogP contribution in [0.3, 0.4) is 0 Å². The Bertz CT molecular complexity index is 646. The molecule has 0 fully saturated rings. The normalized spacial score (nSPS) is 21.6. The summed E-state index contributed by atoms with van der Waals surface area (Å²) < 4.78 is 0.564. The van der Waals surface area contributed by atoms with E-state index in [1.807, 2.05) is 65.1 Å². The largest absolute Gasteiger partial charge is 0.476 e. The Morgan fingerprint density at radius 2 is 1.84 bits per heavy atom. The number of aromatic carboxylic acids is 1. The van der Waals surface area contributed by atoms with Crippen LogP contribution in [0.25, 0.3) is 5.57 Å². The predicted molar refractivity (Wildman–Crippen MR) is 81.5 cm³/mol. The quantitative estimate of drug-likeness (QED) is 0.784. The molecule has 1 aliphatic rings. The molecule has 0 atom stereocenters. The lowest BCUT2D eigenvalue weighted by molar-refractivity contribution is 0.0691. The van der Waals surface area contributed by atoms with Crippen LogP contribution < -0.4 is 5.73 Å². The number of carboxylic acid groups (broad SMARTS) is 1. The number of carboxylic acids is 1. The van der Waals surface area contributed by atoms with Crippen molar-refractivity contribution in [3.8, 4) is 0 Å². The van der Waals surface area contributed by atoms with Gasteiger partial charge in [0.25, 0.3) is 0 Å². The molecule has 0 radical (unpaired) electrons. The van der Waals surface area contributed by atoms with E-state index < -0.39 is 5.97 Å². The Morgan fingerprint density at radius 1 is 1.16 bits per heavy atom. The van der Waals surface area contributed by atoms with Gasteiger partial charge in [-0.15, -0.1) is 0 Å². The van der Waals surface area contributed by atoms with Gasteiger partial charge in [0.15, 0.2) is 11.5 Å². The summed E-state index contributed by atoms with van der Waals surface area (Å²) in [6, 6.07) is 0. The van der Waals surface area contributed by atoms with Crippen molar-refractivity contribution in [2.24, 2.45) is 0 Å². The van der Waals surface area contributed by atoms with Gasteiger partial charge in [0.2, 0.25) is 0 Å². The van der Waals surface area contributed by atoms with E-state index in [4.69, 9.17) is 10.8 Å². The minimum Gasteiger partial charge on any atom is -0.476 e. The number of nitrogens with two attached hydrogens (primary N) is 1. The van der Waals surface area contributed by atoms with Crippen LogP contribution in [0.2, 0.25) is 0 Å². The van der Waals surface area contributed by atoms with Gasteiger partial charge in [-0.2, -0.15) is 0 Å². The summed E-state index contributed by atoms with van der Waals surface area (Å²) in [6.07, 6.45) is 13.0. The van der Waals surface area contributed by atoms with E-state index in [0.29, 0.717) is 9.39 Å². The fourth-order valence-electron chi connectivity index (χ4n) is 1.49. The molecular weight excluding hydrogens is 357 g/mol. The van der Waals surface area contributed by atoms with Gasteiger partial charge in [0, 0.05) is 5.57 Å². The highest BCUT2D eigenvalue weighted by Crippen LogP contribution is 2.22. The van der Waals surface area contributed by atoms with Crippen LogP contribution in [-0.2, 0) is 0 Å². The molecule has 1 aliphatic carbocycles. The number of anilines is 1. The fraction of sp³-hybridized carbons (Fsp3) is 0. The van der Waals surface area contributed by atoms with Crippen molar-refractivity contribution in [2.45, 2.75) is 0 Å². The third kappa shape index (κ3) is 3.08. The lowest BCUT2D eigenvalue weighted by Gasteiger charge is -2.07. The second kappa shape index (κ2) is 5.79. The minimum absolute atomic E-state index is 0.0773. The first kappa shape index (κ1) is 13.5. The van der Waals surface area contributed by atoms with E-state index >= 15 is 0 Å². The predicted octanol–water partition coefficient (Wildman–Crippen LogP) is 2.43. The zero-order valence-corrected chi connectivity index (χ0v) is 11.9. The van der Waals surface area contributed by atoms with Crippen LogP contribution in [0.4, 0.5) is 5.82 Å². The Kier molecular flexibility index (Phi) is 4.10. The van der Waals surface area contributed by atoms with E-state index in [1.165, 1.54) is 0 Å². The average molecular weight is 367 g/mol. The topological polar surface area (TPSA) is 89.1 Å². The van der Waals surface area contributed by atoms with Gasteiger partial charge in [0.05, 0.1) is 0 Å². The highest BCUT2D eigenvalue weighted by atomic mass is 127. The summed E-state index contributed by atoms with van der Waals surface area (Å²) in [5, 5.41) is 9.03. The summed E-state index contributed by atoms with van der Waals surface area (Å²) in [5.41, 5.74) is 6.61. The summed E-state index contributed by atoms with van der Waals surface area (Å²) in [6.45, 7) is 0. The average Bonchev–Trinajstić information content (AvgIpc) is 2.29. The van der Waals surface area contributed by atoms with Crippen LogP contribution in [0, 0.1) is 3.70 Å². The Morgan fingerprint density at radius 3 is 2.58 bits per heavy atom. The third-order valence-electron chi connectivity index (χ3n) is 2.35. The smallest absolute Gasteiger partial charge is 0.358 e. The van der Waals surface area contributed by atoms with Gasteiger partial charge in [-0.25, -0.2) is 14.8 Å². The summed E-state index contributed by atoms with van der Waals surface area (Å²) in [7, 11) is 0.